The first-order valence-corrected chi connectivity index (χ1v) is 7.68. The van der Waals surface area contributed by atoms with Gasteiger partial charge in [0.2, 0.25) is 5.88 Å². The van der Waals surface area contributed by atoms with Crippen molar-refractivity contribution >= 4 is 28.3 Å². The molecular formula is C19H14N4O2. The van der Waals surface area contributed by atoms with E-state index in [0.717, 1.165) is 10.8 Å². The molecule has 6 heteroatoms. The molecule has 0 aliphatic rings. The molecule has 2 aromatic heterocycles. The Hall–Kier alpha value is -3.67. The van der Waals surface area contributed by atoms with Gasteiger partial charge in [0, 0.05) is 29.0 Å². The van der Waals surface area contributed by atoms with Crippen LogP contribution in [0.3, 0.4) is 0 Å². The van der Waals surface area contributed by atoms with Crippen LogP contribution < -0.4 is 11.1 Å². The number of nitrogens with one attached hydrogen (secondary N) is 1. The lowest BCUT2D eigenvalue weighted by Gasteiger charge is -2.09. The SMILES string of the molecule is Nc1onc(-c2ccncc2)c1C(=O)Nc1cccc2ccccc12. The molecule has 0 bridgehead atoms. The van der Waals surface area contributed by atoms with Gasteiger partial charge < -0.3 is 15.6 Å². The summed E-state index contributed by atoms with van der Waals surface area (Å²) in [6.07, 6.45) is 3.24. The van der Waals surface area contributed by atoms with E-state index in [4.69, 9.17) is 10.3 Å². The summed E-state index contributed by atoms with van der Waals surface area (Å²) in [5.41, 5.74) is 7.84. The third-order valence-electron chi connectivity index (χ3n) is 3.94. The summed E-state index contributed by atoms with van der Waals surface area (Å²) >= 11 is 0. The Morgan fingerprint density at radius 3 is 2.60 bits per heavy atom. The molecule has 4 rings (SSSR count). The smallest absolute Gasteiger partial charge is 0.263 e. The number of hydrogen-bond donors (Lipinski definition) is 2. The number of rotatable bonds is 3. The monoisotopic (exact) mass is 330 g/mol. The molecule has 25 heavy (non-hydrogen) atoms. The van der Waals surface area contributed by atoms with E-state index < -0.39 is 0 Å². The van der Waals surface area contributed by atoms with Gasteiger partial charge in [-0.2, -0.15) is 0 Å². The van der Waals surface area contributed by atoms with Gasteiger partial charge in [0.1, 0.15) is 11.3 Å². The molecule has 2 heterocycles. The quantitative estimate of drug-likeness (QED) is 0.597. The maximum atomic E-state index is 12.8. The van der Waals surface area contributed by atoms with Crippen LogP contribution in [-0.4, -0.2) is 16.0 Å². The summed E-state index contributed by atoms with van der Waals surface area (Å²) in [5.74, 6) is -0.397. The Kier molecular flexibility index (Phi) is 3.63. The highest BCUT2D eigenvalue weighted by atomic mass is 16.5. The Balaban J connectivity index is 1.74. The molecular weight excluding hydrogens is 316 g/mol. The standard InChI is InChI=1S/C19H14N4O2/c20-18-16(17(23-25-18)13-8-10-21-11-9-13)19(24)22-15-7-3-5-12-4-1-2-6-14(12)15/h1-11H,20H2,(H,22,24). The number of benzene rings is 2. The molecule has 2 aromatic carbocycles. The Labute approximate surface area is 143 Å². The molecule has 0 saturated carbocycles. The average molecular weight is 330 g/mol. The van der Waals surface area contributed by atoms with E-state index in [1.54, 1.807) is 24.5 Å². The number of anilines is 2. The van der Waals surface area contributed by atoms with E-state index in [0.29, 0.717) is 16.9 Å². The van der Waals surface area contributed by atoms with Crippen LogP contribution in [0.15, 0.2) is 71.5 Å². The molecule has 0 atom stereocenters. The second kappa shape index (κ2) is 6.09. The van der Waals surface area contributed by atoms with E-state index in [9.17, 15) is 4.79 Å². The van der Waals surface area contributed by atoms with Crippen LogP contribution in [0.25, 0.3) is 22.0 Å². The zero-order chi connectivity index (χ0) is 17.2. The van der Waals surface area contributed by atoms with Crippen LogP contribution >= 0.6 is 0 Å². The molecule has 0 unspecified atom stereocenters. The second-order valence-electron chi connectivity index (χ2n) is 5.49. The van der Waals surface area contributed by atoms with E-state index in [2.05, 4.69) is 15.5 Å². The minimum Gasteiger partial charge on any atom is -0.367 e. The molecule has 1 amide bonds. The Morgan fingerprint density at radius 2 is 1.76 bits per heavy atom. The number of pyridine rings is 1. The molecule has 0 aliphatic heterocycles. The number of carbonyl (C=O) groups excluding carboxylic acids is 1. The minimum atomic E-state index is -0.373. The number of hydrogen-bond acceptors (Lipinski definition) is 5. The zero-order valence-corrected chi connectivity index (χ0v) is 13.1. The minimum absolute atomic E-state index is 0.0236. The van der Waals surface area contributed by atoms with Crippen molar-refractivity contribution < 1.29 is 9.32 Å². The fourth-order valence-corrected chi connectivity index (χ4v) is 2.75. The molecule has 3 N–H and O–H groups in total. The fourth-order valence-electron chi connectivity index (χ4n) is 2.75. The third kappa shape index (κ3) is 2.70. The number of carbonyl (C=O) groups is 1. The first-order chi connectivity index (χ1) is 12.2. The van der Waals surface area contributed by atoms with Crippen molar-refractivity contribution in [2.75, 3.05) is 11.1 Å². The molecule has 4 aromatic rings. The number of nitrogens with zero attached hydrogens (tertiary/aromatic N) is 2. The number of nitrogen functional groups attached to an aromatic ring is 1. The van der Waals surface area contributed by atoms with Crippen LogP contribution in [0, 0.1) is 0 Å². The molecule has 0 spiro atoms. The van der Waals surface area contributed by atoms with Gasteiger partial charge in [-0.05, 0) is 23.6 Å². The van der Waals surface area contributed by atoms with Crippen molar-refractivity contribution in [3.8, 4) is 11.3 Å². The number of aromatic nitrogens is 2. The van der Waals surface area contributed by atoms with Gasteiger partial charge in [0.05, 0.1) is 0 Å². The maximum absolute atomic E-state index is 12.8. The topological polar surface area (TPSA) is 94.0 Å². The van der Waals surface area contributed by atoms with Crippen molar-refractivity contribution in [3.05, 3.63) is 72.6 Å². The highest BCUT2D eigenvalue weighted by Gasteiger charge is 2.23. The lowest BCUT2D eigenvalue weighted by molar-refractivity contribution is 0.102. The zero-order valence-electron chi connectivity index (χ0n) is 13.1. The van der Waals surface area contributed by atoms with Crippen LogP contribution in [-0.2, 0) is 0 Å². The van der Waals surface area contributed by atoms with Crippen LogP contribution in [0.2, 0.25) is 0 Å². The third-order valence-corrected chi connectivity index (χ3v) is 3.94. The molecule has 0 radical (unpaired) electrons. The largest absolute Gasteiger partial charge is 0.367 e. The molecule has 6 nitrogen and oxygen atoms in total. The Morgan fingerprint density at radius 1 is 1.00 bits per heavy atom. The van der Waals surface area contributed by atoms with Gasteiger partial charge in [0.15, 0.2) is 0 Å². The first-order valence-electron chi connectivity index (χ1n) is 7.68. The molecule has 0 aliphatic carbocycles. The van der Waals surface area contributed by atoms with E-state index in [-0.39, 0.29) is 17.4 Å². The highest BCUT2D eigenvalue weighted by Crippen LogP contribution is 2.29. The van der Waals surface area contributed by atoms with Gasteiger partial charge in [-0.15, -0.1) is 0 Å². The summed E-state index contributed by atoms with van der Waals surface area (Å²) in [7, 11) is 0. The van der Waals surface area contributed by atoms with Crippen molar-refractivity contribution in [2.45, 2.75) is 0 Å². The van der Waals surface area contributed by atoms with Gasteiger partial charge in [-0.1, -0.05) is 41.6 Å². The average Bonchev–Trinajstić information content (AvgIpc) is 3.04. The van der Waals surface area contributed by atoms with Crippen molar-refractivity contribution in [1.82, 2.24) is 10.1 Å². The summed E-state index contributed by atoms with van der Waals surface area (Å²) in [6, 6.07) is 17.0. The van der Waals surface area contributed by atoms with Crippen molar-refractivity contribution in [2.24, 2.45) is 0 Å². The van der Waals surface area contributed by atoms with Crippen LogP contribution in [0.5, 0.6) is 0 Å². The normalized spacial score (nSPS) is 10.7. The number of amides is 1. The summed E-state index contributed by atoms with van der Waals surface area (Å²) in [4.78, 5) is 16.8. The lowest BCUT2D eigenvalue weighted by Crippen LogP contribution is -2.14. The number of nitrogens with two attached hydrogens (primary N) is 1. The van der Waals surface area contributed by atoms with Crippen LogP contribution in [0.1, 0.15) is 10.4 Å². The van der Waals surface area contributed by atoms with E-state index in [1.165, 1.54) is 0 Å². The fraction of sp³-hybridized carbons (Fsp3) is 0. The van der Waals surface area contributed by atoms with Crippen molar-refractivity contribution in [3.63, 3.8) is 0 Å². The van der Waals surface area contributed by atoms with E-state index >= 15 is 0 Å². The first kappa shape index (κ1) is 14.9. The predicted molar refractivity (Wildman–Crippen MR) is 96.0 cm³/mol. The van der Waals surface area contributed by atoms with Gasteiger partial charge >= 0.3 is 0 Å². The molecule has 122 valence electrons. The van der Waals surface area contributed by atoms with Gasteiger partial charge in [-0.25, -0.2) is 0 Å². The van der Waals surface area contributed by atoms with Crippen molar-refractivity contribution in [1.29, 1.82) is 0 Å². The summed E-state index contributed by atoms with van der Waals surface area (Å²) in [6.45, 7) is 0. The summed E-state index contributed by atoms with van der Waals surface area (Å²) < 4.78 is 5.04. The second-order valence-corrected chi connectivity index (χ2v) is 5.49. The number of fused-ring (bicyclic) bond motifs is 1. The molecule has 0 fully saturated rings. The Bertz CT molecular complexity index is 1050. The maximum Gasteiger partial charge on any atom is 0.263 e. The summed E-state index contributed by atoms with van der Waals surface area (Å²) in [5, 5.41) is 8.80. The predicted octanol–water partition coefficient (Wildman–Crippen LogP) is 3.72. The lowest BCUT2D eigenvalue weighted by atomic mass is 10.1. The van der Waals surface area contributed by atoms with Gasteiger partial charge in [0.25, 0.3) is 5.91 Å². The van der Waals surface area contributed by atoms with E-state index in [1.807, 2.05) is 42.5 Å². The van der Waals surface area contributed by atoms with Crippen LogP contribution in [0.4, 0.5) is 11.6 Å². The van der Waals surface area contributed by atoms with Gasteiger partial charge in [-0.3, -0.25) is 9.78 Å². The molecule has 0 saturated heterocycles. The highest BCUT2D eigenvalue weighted by molar-refractivity contribution is 6.13.